The fourth-order valence-electron chi connectivity index (χ4n) is 2.26. The zero-order chi connectivity index (χ0) is 21.9. The molecule has 11 nitrogen and oxygen atoms in total. The molecule has 0 spiro atoms. The van der Waals surface area contributed by atoms with Crippen molar-refractivity contribution >= 4 is 51.6 Å². The molecule has 0 aliphatic heterocycles. The van der Waals surface area contributed by atoms with Crippen LogP contribution in [0.15, 0.2) is 0 Å². The van der Waals surface area contributed by atoms with E-state index < -0.39 is 45.4 Å². The lowest BCUT2D eigenvalue weighted by Gasteiger charge is -2.10. The Balaban J connectivity index is 2.46. The molecule has 0 saturated heterocycles. The van der Waals surface area contributed by atoms with Crippen LogP contribution in [0.5, 0.6) is 0 Å². The van der Waals surface area contributed by atoms with E-state index in [1.807, 2.05) is 0 Å². The molecule has 0 bridgehead atoms. The van der Waals surface area contributed by atoms with Gasteiger partial charge in [-0.25, -0.2) is 9.59 Å². The summed E-state index contributed by atoms with van der Waals surface area (Å²) >= 11 is 6.63. The van der Waals surface area contributed by atoms with E-state index in [0.29, 0.717) is 0 Å². The molecule has 0 aliphatic rings. The molecule has 0 aliphatic carbocycles. The minimum absolute atomic E-state index is 0.00271. The number of thiophene rings is 1. The second-order valence-corrected chi connectivity index (χ2v) is 7.28. The molecular formula is C16H17ClN4O7S. The average molecular weight is 445 g/mol. The molecule has 156 valence electrons. The van der Waals surface area contributed by atoms with Crippen molar-refractivity contribution in [2.45, 2.75) is 33.8 Å². The molecule has 0 atom stereocenters. The lowest BCUT2D eigenvalue weighted by molar-refractivity contribution is -0.389. The quantitative estimate of drug-likeness (QED) is 0.374. The van der Waals surface area contributed by atoms with Gasteiger partial charge in [-0.1, -0.05) is 16.7 Å². The van der Waals surface area contributed by atoms with Gasteiger partial charge in [0, 0.05) is 0 Å². The van der Waals surface area contributed by atoms with Gasteiger partial charge in [0.05, 0.1) is 18.3 Å². The maximum atomic E-state index is 12.5. The standard InChI is InChI=1S/C16H17ClN4O7S/c1-5-27-16(24)11-7(4)8(15(23)28-6(2)3)14(29-11)18-13(22)10-9(17)12(20-19-10)21(25)26/h6H,5H2,1-4H3,(H,18,22)(H,19,20). The molecule has 2 aromatic heterocycles. The summed E-state index contributed by atoms with van der Waals surface area (Å²) in [7, 11) is 0. The molecule has 29 heavy (non-hydrogen) atoms. The van der Waals surface area contributed by atoms with E-state index in [-0.39, 0.29) is 27.6 Å². The SMILES string of the molecule is CCOC(=O)c1sc(NC(=O)c2n[nH]c([N+](=O)[O-])c2Cl)c(C(=O)OC(C)C)c1C. The molecule has 2 aromatic rings. The van der Waals surface area contributed by atoms with Crippen molar-refractivity contribution in [3.8, 4) is 0 Å². The zero-order valence-electron chi connectivity index (χ0n) is 15.8. The lowest BCUT2D eigenvalue weighted by atomic mass is 10.1. The number of hydrogen-bond acceptors (Lipinski definition) is 9. The van der Waals surface area contributed by atoms with Gasteiger partial charge in [0.1, 0.15) is 9.88 Å². The van der Waals surface area contributed by atoms with Crippen LogP contribution in [0.3, 0.4) is 0 Å². The second kappa shape index (κ2) is 9.01. The number of ether oxygens (including phenoxy) is 2. The predicted octanol–water partition coefficient (Wildman–Crippen LogP) is 3.34. The van der Waals surface area contributed by atoms with Gasteiger partial charge in [0.25, 0.3) is 5.91 Å². The molecule has 0 fully saturated rings. The number of carbonyl (C=O) groups excluding carboxylic acids is 3. The van der Waals surface area contributed by atoms with Crippen LogP contribution in [-0.2, 0) is 9.47 Å². The lowest BCUT2D eigenvalue weighted by Crippen LogP contribution is -2.17. The molecule has 0 unspecified atom stereocenters. The van der Waals surface area contributed by atoms with Gasteiger partial charge in [-0.3, -0.25) is 4.79 Å². The molecule has 0 saturated carbocycles. The molecule has 2 heterocycles. The number of aromatic amines is 1. The van der Waals surface area contributed by atoms with Gasteiger partial charge in [-0.05, 0) is 38.2 Å². The van der Waals surface area contributed by atoms with Crippen molar-refractivity contribution in [3.63, 3.8) is 0 Å². The topological polar surface area (TPSA) is 154 Å². The number of nitro groups is 1. The van der Waals surface area contributed by atoms with Gasteiger partial charge in [-0.15, -0.1) is 16.4 Å². The van der Waals surface area contributed by atoms with Crippen LogP contribution in [-0.4, -0.2) is 45.7 Å². The van der Waals surface area contributed by atoms with Crippen molar-refractivity contribution in [3.05, 3.63) is 36.8 Å². The first kappa shape index (κ1) is 22.3. The van der Waals surface area contributed by atoms with Gasteiger partial charge >= 0.3 is 17.8 Å². The van der Waals surface area contributed by atoms with E-state index in [9.17, 15) is 24.5 Å². The third-order valence-corrected chi connectivity index (χ3v) is 5.01. The molecule has 0 aromatic carbocycles. The highest BCUT2D eigenvalue weighted by Gasteiger charge is 2.30. The number of amides is 1. The maximum Gasteiger partial charge on any atom is 0.362 e. The van der Waals surface area contributed by atoms with Crippen LogP contribution in [0.1, 0.15) is 56.9 Å². The van der Waals surface area contributed by atoms with Crippen molar-refractivity contribution in [2.75, 3.05) is 11.9 Å². The van der Waals surface area contributed by atoms with Crippen LogP contribution in [0.25, 0.3) is 0 Å². The highest BCUT2D eigenvalue weighted by Crippen LogP contribution is 2.35. The summed E-state index contributed by atoms with van der Waals surface area (Å²) in [5.41, 5.74) is -0.194. The van der Waals surface area contributed by atoms with E-state index in [4.69, 9.17) is 21.1 Å². The van der Waals surface area contributed by atoms with Gasteiger partial charge < -0.3 is 24.9 Å². The summed E-state index contributed by atoms with van der Waals surface area (Å²) in [6.07, 6.45) is -0.445. The monoisotopic (exact) mass is 444 g/mol. The maximum absolute atomic E-state index is 12.5. The van der Waals surface area contributed by atoms with Gasteiger partial charge in [-0.2, -0.15) is 0 Å². The molecular weight excluding hydrogens is 428 g/mol. The third kappa shape index (κ3) is 4.71. The van der Waals surface area contributed by atoms with E-state index in [0.717, 1.165) is 11.3 Å². The molecule has 2 N–H and O–H groups in total. The van der Waals surface area contributed by atoms with E-state index in [2.05, 4.69) is 15.5 Å². The third-order valence-electron chi connectivity index (χ3n) is 3.47. The number of aromatic nitrogens is 2. The van der Waals surface area contributed by atoms with E-state index in [1.165, 1.54) is 6.92 Å². The Labute approximate surface area is 173 Å². The Bertz CT molecular complexity index is 982. The molecule has 0 radical (unpaired) electrons. The number of hydrogen-bond donors (Lipinski definition) is 2. The second-order valence-electron chi connectivity index (χ2n) is 5.88. The highest BCUT2D eigenvalue weighted by atomic mass is 35.5. The highest BCUT2D eigenvalue weighted by molar-refractivity contribution is 7.18. The van der Waals surface area contributed by atoms with E-state index in [1.54, 1.807) is 20.8 Å². The van der Waals surface area contributed by atoms with Crippen molar-refractivity contribution in [2.24, 2.45) is 0 Å². The number of anilines is 1. The van der Waals surface area contributed by atoms with Crippen LogP contribution in [0.2, 0.25) is 5.02 Å². The number of rotatable bonds is 7. The Hall–Kier alpha value is -2.99. The summed E-state index contributed by atoms with van der Waals surface area (Å²) in [5.74, 6) is -2.97. The van der Waals surface area contributed by atoms with Crippen LogP contribution in [0, 0.1) is 17.0 Å². The number of nitrogens with one attached hydrogen (secondary N) is 2. The molecule has 13 heteroatoms. The van der Waals surface area contributed by atoms with Crippen LogP contribution >= 0.6 is 22.9 Å². The fourth-order valence-corrected chi connectivity index (χ4v) is 3.59. The smallest absolute Gasteiger partial charge is 0.362 e. The summed E-state index contributed by atoms with van der Waals surface area (Å²) in [5, 5.41) is 18.4. The predicted molar refractivity (Wildman–Crippen MR) is 104 cm³/mol. The first-order valence-electron chi connectivity index (χ1n) is 8.29. The average Bonchev–Trinajstić information content (AvgIpc) is 3.14. The summed E-state index contributed by atoms with van der Waals surface area (Å²) in [4.78, 5) is 47.3. The Kier molecular flexibility index (Phi) is 6.93. The van der Waals surface area contributed by atoms with Gasteiger partial charge in [0.15, 0.2) is 10.7 Å². The first-order chi connectivity index (χ1) is 13.6. The Morgan fingerprint density at radius 3 is 2.52 bits per heavy atom. The minimum Gasteiger partial charge on any atom is -0.462 e. The molecule has 2 rings (SSSR count). The minimum atomic E-state index is -0.908. The zero-order valence-corrected chi connectivity index (χ0v) is 17.4. The van der Waals surface area contributed by atoms with E-state index >= 15 is 0 Å². The normalized spacial score (nSPS) is 10.7. The number of carbonyl (C=O) groups is 3. The molecule has 1 amide bonds. The number of H-pyrrole nitrogens is 1. The van der Waals surface area contributed by atoms with Crippen LogP contribution in [0.4, 0.5) is 10.8 Å². The van der Waals surface area contributed by atoms with Crippen LogP contribution < -0.4 is 5.32 Å². The Morgan fingerprint density at radius 2 is 2.00 bits per heavy atom. The summed E-state index contributed by atoms with van der Waals surface area (Å²) < 4.78 is 10.2. The Morgan fingerprint density at radius 1 is 1.34 bits per heavy atom. The number of halogens is 1. The number of esters is 2. The van der Waals surface area contributed by atoms with Crippen molar-refractivity contribution in [1.82, 2.24) is 10.2 Å². The fraction of sp³-hybridized carbons (Fsp3) is 0.375. The first-order valence-corrected chi connectivity index (χ1v) is 9.48. The van der Waals surface area contributed by atoms with Crippen molar-refractivity contribution in [1.29, 1.82) is 0 Å². The number of nitrogens with zero attached hydrogens (tertiary/aromatic N) is 2. The van der Waals surface area contributed by atoms with Gasteiger partial charge in [0.2, 0.25) is 0 Å². The van der Waals surface area contributed by atoms with Crippen molar-refractivity contribution < 1.29 is 28.8 Å². The summed E-state index contributed by atoms with van der Waals surface area (Å²) in [6, 6.07) is 0. The summed E-state index contributed by atoms with van der Waals surface area (Å²) in [6.45, 7) is 6.56. The largest absolute Gasteiger partial charge is 0.462 e.